The summed E-state index contributed by atoms with van der Waals surface area (Å²) >= 11 is 5.78. The number of amides is 1. The van der Waals surface area contributed by atoms with Crippen molar-refractivity contribution in [2.75, 3.05) is 11.1 Å². The summed E-state index contributed by atoms with van der Waals surface area (Å²) in [6.45, 7) is 0. The monoisotopic (exact) mass is 250 g/mol. The van der Waals surface area contributed by atoms with Crippen molar-refractivity contribution < 1.29 is 4.79 Å². The van der Waals surface area contributed by atoms with Gasteiger partial charge in [0.15, 0.2) is 0 Å². The largest absolute Gasteiger partial charge is 0.398 e. The van der Waals surface area contributed by atoms with Crippen LogP contribution < -0.4 is 11.1 Å². The molecule has 1 amide bonds. The first kappa shape index (κ1) is 11.5. The molecule has 0 unspecified atom stereocenters. The molecule has 1 aromatic carbocycles. The van der Waals surface area contributed by atoms with Gasteiger partial charge in [-0.3, -0.25) is 10.1 Å². The predicted octanol–water partition coefficient (Wildman–Crippen LogP) is 1.91. The first-order chi connectivity index (χ1) is 8.08. The average molecular weight is 251 g/mol. The molecular weight excluding hydrogens is 240 g/mol. The Morgan fingerprint density at radius 2 is 2.29 bits per heavy atom. The number of nitrogens with zero attached hydrogens (tertiary/aromatic N) is 2. The molecule has 0 atom stereocenters. The molecule has 3 N–H and O–H groups in total. The zero-order chi connectivity index (χ0) is 12.4. The van der Waals surface area contributed by atoms with Crippen LogP contribution in [-0.2, 0) is 7.05 Å². The SMILES string of the molecule is Cn1ccnc1NC(=O)c1ccc(Cl)c(N)c1. The van der Waals surface area contributed by atoms with Gasteiger partial charge in [0, 0.05) is 25.0 Å². The number of rotatable bonds is 2. The average Bonchev–Trinajstić information content (AvgIpc) is 2.68. The number of carbonyl (C=O) groups is 1. The summed E-state index contributed by atoms with van der Waals surface area (Å²) in [4.78, 5) is 15.9. The van der Waals surface area contributed by atoms with Crippen LogP contribution in [0.25, 0.3) is 0 Å². The van der Waals surface area contributed by atoms with Crippen molar-refractivity contribution in [2.24, 2.45) is 7.05 Å². The lowest BCUT2D eigenvalue weighted by Gasteiger charge is -2.06. The van der Waals surface area contributed by atoms with Crippen molar-refractivity contribution in [3.05, 3.63) is 41.2 Å². The van der Waals surface area contributed by atoms with E-state index in [0.717, 1.165) is 0 Å². The molecule has 17 heavy (non-hydrogen) atoms. The summed E-state index contributed by atoms with van der Waals surface area (Å²) in [7, 11) is 1.79. The van der Waals surface area contributed by atoms with Crippen LogP contribution in [0.3, 0.4) is 0 Å². The maximum atomic E-state index is 11.9. The summed E-state index contributed by atoms with van der Waals surface area (Å²) in [6.07, 6.45) is 3.34. The molecule has 0 bridgehead atoms. The standard InChI is InChI=1S/C11H11ClN4O/c1-16-5-4-14-11(16)15-10(17)7-2-3-8(12)9(13)6-7/h2-6H,13H2,1H3,(H,14,15,17). The molecular formula is C11H11ClN4O. The van der Waals surface area contributed by atoms with Gasteiger partial charge in [-0.1, -0.05) is 11.6 Å². The van der Waals surface area contributed by atoms with E-state index >= 15 is 0 Å². The van der Waals surface area contributed by atoms with Crippen LogP contribution in [0.2, 0.25) is 5.02 Å². The van der Waals surface area contributed by atoms with Crippen LogP contribution >= 0.6 is 11.6 Å². The topological polar surface area (TPSA) is 72.9 Å². The molecule has 88 valence electrons. The predicted molar refractivity (Wildman–Crippen MR) is 67.0 cm³/mol. The Kier molecular flexibility index (Phi) is 3.01. The van der Waals surface area contributed by atoms with E-state index in [4.69, 9.17) is 17.3 Å². The van der Waals surface area contributed by atoms with Crippen molar-refractivity contribution in [3.8, 4) is 0 Å². The van der Waals surface area contributed by atoms with Gasteiger partial charge in [0.05, 0.1) is 10.7 Å². The molecule has 0 fully saturated rings. The Balaban J connectivity index is 2.20. The molecule has 0 aliphatic rings. The minimum absolute atomic E-state index is 0.275. The zero-order valence-electron chi connectivity index (χ0n) is 9.14. The lowest BCUT2D eigenvalue weighted by Crippen LogP contribution is -2.15. The van der Waals surface area contributed by atoms with E-state index in [2.05, 4.69) is 10.3 Å². The molecule has 0 spiro atoms. The summed E-state index contributed by atoms with van der Waals surface area (Å²) in [5, 5.41) is 3.10. The normalized spacial score (nSPS) is 10.2. The number of hydrogen-bond donors (Lipinski definition) is 2. The van der Waals surface area contributed by atoms with E-state index < -0.39 is 0 Å². The highest BCUT2D eigenvalue weighted by atomic mass is 35.5. The number of nitrogens with one attached hydrogen (secondary N) is 1. The van der Waals surface area contributed by atoms with Crippen molar-refractivity contribution in [2.45, 2.75) is 0 Å². The van der Waals surface area contributed by atoms with Crippen molar-refractivity contribution in [3.63, 3.8) is 0 Å². The van der Waals surface area contributed by atoms with Gasteiger partial charge in [-0.25, -0.2) is 4.98 Å². The molecule has 0 aliphatic carbocycles. The molecule has 0 saturated heterocycles. The molecule has 2 aromatic rings. The Labute approximate surface area is 103 Å². The smallest absolute Gasteiger partial charge is 0.258 e. The fourth-order valence-electron chi connectivity index (χ4n) is 1.34. The van der Waals surface area contributed by atoms with E-state index in [0.29, 0.717) is 22.2 Å². The highest BCUT2D eigenvalue weighted by Crippen LogP contribution is 2.19. The summed E-state index contributed by atoms with van der Waals surface area (Å²) < 4.78 is 1.71. The third kappa shape index (κ3) is 2.39. The molecule has 1 aromatic heterocycles. The van der Waals surface area contributed by atoms with Crippen LogP contribution in [0.5, 0.6) is 0 Å². The number of carbonyl (C=O) groups excluding carboxylic acids is 1. The molecule has 6 heteroatoms. The number of aromatic nitrogens is 2. The summed E-state index contributed by atoms with van der Waals surface area (Å²) in [5.41, 5.74) is 6.44. The fraction of sp³-hybridized carbons (Fsp3) is 0.0909. The maximum Gasteiger partial charge on any atom is 0.258 e. The first-order valence-corrected chi connectivity index (χ1v) is 5.29. The summed E-state index contributed by atoms with van der Waals surface area (Å²) in [5.74, 6) is 0.200. The van der Waals surface area contributed by atoms with Gasteiger partial charge in [-0.05, 0) is 18.2 Å². The second kappa shape index (κ2) is 4.47. The van der Waals surface area contributed by atoms with Gasteiger partial charge >= 0.3 is 0 Å². The van der Waals surface area contributed by atoms with E-state index in [1.807, 2.05) is 0 Å². The Morgan fingerprint density at radius 3 is 2.88 bits per heavy atom. The van der Waals surface area contributed by atoms with Crippen LogP contribution in [0.1, 0.15) is 10.4 Å². The number of nitrogen functional groups attached to an aromatic ring is 1. The van der Waals surface area contributed by atoms with E-state index in [9.17, 15) is 4.79 Å². The van der Waals surface area contributed by atoms with Crippen LogP contribution in [0.4, 0.5) is 11.6 Å². The fourth-order valence-corrected chi connectivity index (χ4v) is 1.46. The Bertz CT molecular complexity index is 564. The second-order valence-corrected chi connectivity index (χ2v) is 3.96. The first-order valence-electron chi connectivity index (χ1n) is 4.91. The molecule has 0 aliphatic heterocycles. The number of halogens is 1. The highest BCUT2D eigenvalue weighted by molar-refractivity contribution is 6.33. The molecule has 1 heterocycles. The van der Waals surface area contributed by atoms with Crippen molar-refractivity contribution >= 4 is 29.1 Å². The lowest BCUT2D eigenvalue weighted by atomic mass is 10.2. The Hall–Kier alpha value is -2.01. The number of imidazole rings is 1. The molecule has 2 rings (SSSR count). The van der Waals surface area contributed by atoms with Crippen LogP contribution in [-0.4, -0.2) is 15.5 Å². The zero-order valence-corrected chi connectivity index (χ0v) is 9.90. The minimum Gasteiger partial charge on any atom is -0.398 e. The minimum atomic E-state index is -0.275. The third-order valence-electron chi connectivity index (χ3n) is 2.30. The highest BCUT2D eigenvalue weighted by Gasteiger charge is 2.09. The number of hydrogen-bond acceptors (Lipinski definition) is 3. The number of anilines is 2. The van der Waals surface area contributed by atoms with Gasteiger partial charge in [-0.2, -0.15) is 0 Å². The van der Waals surface area contributed by atoms with E-state index in [-0.39, 0.29) is 5.91 Å². The van der Waals surface area contributed by atoms with Gasteiger partial charge < -0.3 is 10.3 Å². The van der Waals surface area contributed by atoms with E-state index in [1.165, 1.54) is 6.07 Å². The van der Waals surface area contributed by atoms with Gasteiger partial charge in [0.25, 0.3) is 5.91 Å². The van der Waals surface area contributed by atoms with Crippen molar-refractivity contribution in [1.29, 1.82) is 0 Å². The van der Waals surface area contributed by atoms with Gasteiger partial charge in [0.1, 0.15) is 0 Å². The lowest BCUT2D eigenvalue weighted by molar-refractivity contribution is 0.102. The third-order valence-corrected chi connectivity index (χ3v) is 2.65. The van der Waals surface area contributed by atoms with Crippen LogP contribution in [0.15, 0.2) is 30.6 Å². The van der Waals surface area contributed by atoms with Crippen LogP contribution in [0, 0.1) is 0 Å². The molecule has 0 radical (unpaired) electrons. The van der Waals surface area contributed by atoms with Crippen molar-refractivity contribution in [1.82, 2.24) is 9.55 Å². The maximum absolute atomic E-state index is 11.9. The number of aryl methyl sites for hydroxylation is 1. The Morgan fingerprint density at radius 1 is 1.53 bits per heavy atom. The van der Waals surface area contributed by atoms with Gasteiger partial charge in [-0.15, -0.1) is 0 Å². The van der Waals surface area contributed by atoms with Gasteiger partial charge in [0.2, 0.25) is 5.95 Å². The number of benzene rings is 1. The second-order valence-electron chi connectivity index (χ2n) is 3.55. The number of nitrogens with two attached hydrogens (primary N) is 1. The molecule has 5 nitrogen and oxygen atoms in total. The quantitative estimate of drug-likeness (QED) is 0.800. The molecule has 0 saturated carbocycles. The van der Waals surface area contributed by atoms with E-state index in [1.54, 1.807) is 36.1 Å². The summed E-state index contributed by atoms with van der Waals surface area (Å²) in [6, 6.07) is 4.72.